The molecule has 0 saturated carbocycles. The molecule has 3 fully saturated rings. The van der Waals surface area contributed by atoms with Crippen LogP contribution >= 0.6 is 0 Å². The molecule has 3 aliphatic heterocycles. The average molecular weight is 1250 g/mol. The molecule has 4 heterocycles. The van der Waals surface area contributed by atoms with Crippen molar-refractivity contribution in [2.45, 2.75) is 38.6 Å². The fourth-order valence-electron chi connectivity index (χ4n) is 10.5. The van der Waals surface area contributed by atoms with Crippen LogP contribution in [-0.4, -0.2) is 255 Å². The first-order chi connectivity index (χ1) is 43.6. The highest BCUT2D eigenvalue weighted by molar-refractivity contribution is 6.01. The molecule has 4 amide bonds. The van der Waals surface area contributed by atoms with E-state index in [0.29, 0.717) is 145 Å². The third kappa shape index (κ3) is 21.2. The lowest BCUT2D eigenvalue weighted by Crippen LogP contribution is -2.49. The van der Waals surface area contributed by atoms with E-state index in [-0.39, 0.29) is 61.2 Å². The molecule has 0 aliphatic carbocycles. The number of aromatic nitrogens is 3. The molecule has 2 N–H and O–H groups in total. The van der Waals surface area contributed by atoms with Crippen LogP contribution in [0.25, 0.3) is 11.4 Å². The Morgan fingerprint density at radius 1 is 0.589 bits per heavy atom. The SMILES string of the molecule is Cc1ccc(Cc2c(C(=O)COCCOCCOCCN(C)CCN(C)CCOCCOCCC(=O)N3CCN(c4nc(-c5ccc(NC(=O)Nc6ccc(C(=O)N7CCC(N(C)C)CC7)cc6)cc5)nc(N5CCOCC5)n4)CC3)ccc(F)c2F)c(F)c1. The van der Waals surface area contributed by atoms with Crippen molar-refractivity contribution in [3.05, 3.63) is 124 Å². The monoisotopic (exact) mass is 1250 g/mol. The number of likely N-dealkylation sites (N-methyl/N-ethyl adjacent to an activating group) is 2. The third-order valence-electron chi connectivity index (χ3n) is 16.1. The molecule has 3 saturated heterocycles. The highest BCUT2D eigenvalue weighted by atomic mass is 19.2. The third-order valence-corrected chi connectivity index (χ3v) is 16.1. The fourth-order valence-corrected chi connectivity index (χ4v) is 10.5. The highest BCUT2D eigenvalue weighted by Crippen LogP contribution is 2.27. The Morgan fingerprint density at radius 2 is 1.14 bits per heavy atom. The van der Waals surface area contributed by atoms with Gasteiger partial charge in [0.15, 0.2) is 23.2 Å². The number of urea groups is 1. The summed E-state index contributed by atoms with van der Waals surface area (Å²) in [5.41, 5.74) is 3.04. The van der Waals surface area contributed by atoms with Crippen molar-refractivity contribution >= 4 is 46.9 Å². The van der Waals surface area contributed by atoms with Gasteiger partial charge in [0.05, 0.1) is 79.1 Å². The van der Waals surface area contributed by atoms with Gasteiger partial charge >= 0.3 is 6.03 Å². The summed E-state index contributed by atoms with van der Waals surface area (Å²) in [5, 5.41) is 5.74. The maximum atomic E-state index is 14.8. The van der Waals surface area contributed by atoms with Gasteiger partial charge in [-0.05, 0) is 126 Å². The van der Waals surface area contributed by atoms with E-state index in [1.807, 2.05) is 36.0 Å². The Bertz CT molecular complexity index is 3090. The number of hydrogen-bond acceptors (Lipinski definition) is 18. The number of amides is 4. The zero-order valence-corrected chi connectivity index (χ0v) is 52.6. The zero-order chi connectivity index (χ0) is 63.8. The van der Waals surface area contributed by atoms with Crippen LogP contribution in [0.4, 0.5) is 41.2 Å². The molecule has 8 rings (SSSR count). The zero-order valence-electron chi connectivity index (χ0n) is 52.6. The predicted molar refractivity (Wildman–Crippen MR) is 337 cm³/mol. The van der Waals surface area contributed by atoms with Crippen molar-refractivity contribution in [3.63, 3.8) is 0 Å². The molecule has 0 atom stereocenters. The molecule has 25 heteroatoms. The summed E-state index contributed by atoms with van der Waals surface area (Å²) in [6, 6.07) is 20.9. The Hall–Kier alpha value is -7.20. The number of morpholine rings is 1. The first kappa shape index (κ1) is 68.7. The Balaban J connectivity index is 0.646. The summed E-state index contributed by atoms with van der Waals surface area (Å²) in [6.45, 7) is 13.7. The summed E-state index contributed by atoms with van der Waals surface area (Å²) in [4.78, 5) is 81.5. The molecule has 22 nitrogen and oxygen atoms in total. The molecular weight excluding hydrogens is 1170 g/mol. The molecule has 5 aromatic rings. The van der Waals surface area contributed by atoms with Gasteiger partial charge in [0.2, 0.25) is 17.8 Å². The predicted octanol–water partition coefficient (Wildman–Crippen LogP) is 6.37. The standard InChI is InChI=1S/C65H87F3N12O10/c1-47-6-7-50(57(67)44-47)45-55-54(16-17-56(66)60(55)68)58(81)46-90-43-42-89-41-40-88-35-30-76(5)24-23-75(4)29-34-87-39-38-85-33-20-59(82)77-25-27-79(28-26-77)63-71-61(72-64(73-63)80-31-36-86-37-32-80)48-8-12-51(13-9-48)69-65(84)70-52-14-10-49(11-15-52)62(83)78-21-18-53(19-22-78)74(2)3/h6-17,44,53H,18-43,45-46H2,1-5H3,(H2,69,70,84). The van der Waals surface area contributed by atoms with Crippen LogP contribution in [0, 0.1) is 24.4 Å². The van der Waals surface area contributed by atoms with Gasteiger partial charge in [0, 0.05) is 125 Å². The van der Waals surface area contributed by atoms with Gasteiger partial charge in [0.25, 0.3) is 5.91 Å². The van der Waals surface area contributed by atoms with Crippen molar-refractivity contribution < 1.29 is 60.8 Å². The first-order valence-corrected chi connectivity index (χ1v) is 30.9. The molecule has 3 aliphatic rings. The minimum absolute atomic E-state index is 0.00453. The van der Waals surface area contributed by atoms with E-state index in [1.165, 1.54) is 18.2 Å². The summed E-state index contributed by atoms with van der Waals surface area (Å²) < 4.78 is 77.3. The minimum atomic E-state index is -1.18. The number of piperazine rings is 1. The summed E-state index contributed by atoms with van der Waals surface area (Å²) >= 11 is 0. The van der Waals surface area contributed by atoms with Gasteiger partial charge in [-0.3, -0.25) is 14.4 Å². The minimum Gasteiger partial charge on any atom is -0.379 e. The molecule has 1 aromatic heterocycles. The van der Waals surface area contributed by atoms with Crippen LogP contribution in [0.5, 0.6) is 0 Å². The first-order valence-electron chi connectivity index (χ1n) is 30.9. The van der Waals surface area contributed by atoms with Crippen molar-refractivity contribution in [2.75, 3.05) is 206 Å². The van der Waals surface area contributed by atoms with Crippen molar-refractivity contribution in [2.24, 2.45) is 0 Å². The van der Waals surface area contributed by atoms with E-state index in [2.05, 4.69) is 49.2 Å². The van der Waals surface area contributed by atoms with Crippen molar-refractivity contribution in [1.82, 2.24) is 39.5 Å². The van der Waals surface area contributed by atoms with Crippen molar-refractivity contribution in [1.29, 1.82) is 0 Å². The second kappa shape index (κ2) is 35.4. The number of nitrogens with one attached hydrogen (secondary N) is 2. The number of rotatable bonds is 33. The van der Waals surface area contributed by atoms with E-state index >= 15 is 0 Å². The average Bonchev–Trinajstić information content (AvgIpc) is 1.06. The summed E-state index contributed by atoms with van der Waals surface area (Å²) in [7, 11) is 8.22. The smallest absolute Gasteiger partial charge is 0.323 e. The number of Topliss-reactive ketones (excluding diaryl/α,β-unsaturated/α-hetero) is 1. The fraction of sp³-hybridized carbons (Fsp3) is 0.523. The number of likely N-dealkylation sites (tertiary alicyclic amines) is 1. The Morgan fingerprint density at radius 3 is 1.73 bits per heavy atom. The van der Waals surface area contributed by atoms with Gasteiger partial charge < -0.3 is 73.4 Å². The topological polar surface area (TPSA) is 209 Å². The number of aryl methyl sites for hydroxylation is 1. The molecule has 4 aromatic carbocycles. The second-order valence-electron chi connectivity index (χ2n) is 22.9. The van der Waals surface area contributed by atoms with Gasteiger partial charge in [-0.1, -0.05) is 12.1 Å². The molecule has 0 spiro atoms. The van der Waals surface area contributed by atoms with Crippen LogP contribution in [0.15, 0.2) is 78.9 Å². The van der Waals surface area contributed by atoms with E-state index < -0.39 is 29.3 Å². The molecule has 488 valence electrons. The van der Waals surface area contributed by atoms with E-state index in [0.717, 1.165) is 63.7 Å². The Labute approximate surface area is 525 Å². The molecule has 90 heavy (non-hydrogen) atoms. The number of anilines is 4. The number of halogens is 3. The van der Waals surface area contributed by atoms with E-state index in [9.17, 15) is 32.3 Å². The lowest BCUT2D eigenvalue weighted by molar-refractivity contribution is -0.132. The van der Waals surface area contributed by atoms with Crippen LogP contribution in [0.1, 0.15) is 56.7 Å². The van der Waals surface area contributed by atoms with Crippen LogP contribution in [-0.2, 0) is 39.6 Å². The van der Waals surface area contributed by atoms with E-state index in [1.54, 1.807) is 49.4 Å². The molecule has 0 radical (unpaired) electrons. The number of ketones is 1. The summed E-state index contributed by atoms with van der Waals surface area (Å²) in [6.07, 6.45) is 1.88. The highest BCUT2D eigenvalue weighted by Gasteiger charge is 2.28. The number of carbonyl (C=O) groups excluding carboxylic acids is 4. The van der Waals surface area contributed by atoms with Crippen LogP contribution < -0.4 is 20.4 Å². The van der Waals surface area contributed by atoms with Gasteiger partial charge in [-0.2, -0.15) is 15.0 Å². The number of ether oxygens (including phenoxy) is 6. The Kier molecular flexibility index (Phi) is 27.0. The van der Waals surface area contributed by atoms with Gasteiger partial charge in [0.1, 0.15) is 12.4 Å². The maximum absolute atomic E-state index is 14.8. The summed E-state index contributed by atoms with van der Waals surface area (Å²) in [5.74, 6) is -1.82. The lowest BCUT2D eigenvalue weighted by Gasteiger charge is -2.35. The quantitative estimate of drug-likeness (QED) is 0.0345. The largest absolute Gasteiger partial charge is 0.379 e. The van der Waals surface area contributed by atoms with Crippen LogP contribution in [0.2, 0.25) is 0 Å². The number of carbonyl (C=O) groups is 4. The van der Waals surface area contributed by atoms with Gasteiger partial charge in [-0.25, -0.2) is 18.0 Å². The van der Waals surface area contributed by atoms with Crippen LogP contribution in [0.3, 0.4) is 0 Å². The van der Waals surface area contributed by atoms with E-state index in [4.69, 9.17) is 43.4 Å². The number of piperidine rings is 1. The molecular formula is C65H87F3N12O10. The second-order valence-corrected chi connectivity index (χ2v) is 22.9. The lowest BCUT2D eigenvalue weighted by atomic mass is 9.95. The molecule has 0 unspecified atom stereocenters. The maximum Gasteiger partial charge on any atom is 0.323 e. The normalized spacial score (nSPS) is 14.9. The number of benzene rings is 4. The number of nitrogens with zero attached hydrogens (tertiary/aromatic N) is 10. The van der Waals surface area contributed by atoms with Crippen molar-refractivity contribution in [3.8, 4) is 11.4 Å². The molecule has 0 bridgehead atoms. The number of hydrogen-bond donors (Lipinski definition) is 2. The van der Waals surface area contributed by atoms with Gasteiger partial charge in [-0.15, -0.1) is 0 Å².